The predicted octanol–water partition coefficient (Wildman–Crippen LogP) is 2.42. The topological polar surface area (TPSA) is 97.1 Å². The lowest BCUT2D eigenvalue weighted by Gasteiger charge is -2.13. The summed E-state index contributed by atoms with van der Waals surface area (Å²) in [4.78, 5) is 26.9. The SMILES string of the molecule is CC(C)c1nc2ccc(N[C@H](C)C(=O)NC(N)=O)cc2s1. The molecule has 0 unspecified atom stereocenters. The van der Waals surface area contributed by atoms with E-state index < -0.39 is 18.0 Å². The van der Waals surface area contributed by atoms with E-state index >= 15 is 0 Å². The summed E-state index contributed by atoms with van der Waals surface area (Å²) in [5.74, 6) is -0.0751. The molecule has 0 spiro atoms. The smallest absolute Gasteiger partial charge is 0.318 e. The van der Waals surface area contributed by atoms with Crippen molar-refractivity contribution in [2.45, 2.75) is 32.7 Å². The number of thiazole rings is 1. The first-order valence-electron chi connectivity index (χ1n) is 6.64. The number of hydrogen-bond donors (Lipinski definition) is 3. The Bertz CT molecular complexity index is 681. The molecule has 0 saturated carbocycles. The number of carbonyl (C=O) groups is 2. The highest BCUT2D eigenvalue weighted by Gasteiger charge is 2.15. The van der Waals surface area contributed by atoms with Crippen LogP contribution in [-0.2, 0) is 4.79 Å². The number of nitrogens with zero attached hydrogens (tertiary/aromatic N) is 1. The molecule has 0 aliphatic carbocycles. The number of primary amides is 1. The van der Waals surface area contributed by atoms with Crippen LogP contribution < -0.4 is 16.4 Å². The molecular weight excluding hydrogens is 288 g/mol. The summed E-state index contributed by atoms with van der Waals surface area (Å²) < 4.78 is 1.06. The molecule has 2 rings (SSSR count). The Hall–Kier alpha value is -2.15. The van der Waals surface area contributed by atoms with E-state index in [9.17, 15) is 9.59 Å². The fourth-order valence-corrected chi connectivity index (χ4v) is 2.83. The summed E-state index contributed by atoms with van der Waals surface area (Å²) in [7, 11) is 0. The Labute approximate surface area is 126 Å². The van der Waals surface area contributed by atoms with Crippen LogP contribution in [-0.4, -0.2) is 23.0 Å². The van der Waals surface area contributed by atoms with Crippen molar-refractivity contribution in [3.8, 4) is 0 Å². The maximum absolute atomic E-state index is 11.6. The molecule has 3 amide bonds. The van der Waals surface area contributed by atoms with Crippen molar-refractivity contribution < 1.29 is 9.59 Å². The average Bonchev–Trinajstić information content (AvgIpc) is 2.81. The van der Waals surface area contributed by atoms with Crippen LogP contribution in [0, 0.1) is 0 Å². The van der Waals surface area contributed by atoms with Gasteiger partial charge in [0, 0.05) is 11.6 Å². The number of carbonyl (C=O) groups excluding carboxylic acids is 2. The van der Waals surface area contributed by atoms with Crippen molar-refractivity contribution in [2.24, 2.45) is 5.73 Å². The summed E-state index contributed by atoms with van der Waals surface area (Å²) in [6, 6.07) is 4.31. The second kappa shape index (κ2) is 6.09. The Kier molecular flexibility index (Phi) is 4.42. The molecule has 7 heteroatoms. The van der Waals surface area contributed by atoms with Crippen LogP contribution in [0.2, 0.25) is 0 Å². The van der Waals surface area contributed by atoms with Gasteiger partial charge in [-0.2, -0.15) is 0 Å². The first kappa shape index (κ1) is 15.2. The van der Waals surface area contributed by atoms with Gasteiger partial charge in [0.05, 0.1) is 15.2 Å². The third-order valence-corrected chi connectivity index (χ3v) is 4.24. The molecular formula is C14H18N4O2S. The van der Waals surface area contributed by atoms with Crippen molar-refractivity contribution in [3.63, 3.8) is 0 Å². The van der Waals surface area contributed by atoms with E-state index in [-0.39, 0.29) is 0 Å². The van der Waals surface area contributed by atoms with E-state index in [0.717, 1.165) is 20.9 Å². The van der Waals surface area contributed by atoms with Crippen LogP contribution in [0.25, 0.3) is 10.2 Å². The van der Waals surface area contributed by atoms with Crippen LogP contribution in [0.1, 0.15) is 31.7 Å². The summed E-state index contributed by atoms with van der Waals surface area (Å²) in [6.07, 6.45) is 0. The Balaban J connectivity index is 2.15. The molecule has 0 saturated heterocycles. The van der Waals surface area contributed by atoms with Crippen molar-refractivity contribution >= 4 is 39.2 Å². The molecule has 2 aromatic rings. The molecule has 1 heterocycles. The fraction of sp³-hybridized carbons (Fsp3) is 0.357. The largest absolute Gasteiger partial charge is 0.374 e. The summed E-state index contributed by atoms with van der Waals surface area (Å²) in [5.41, 5.74) is 6.67. The van der Waals surface area contributed by atoms with Gasteiger partial charge in [0.2, 0.25) is 5.91 Å². The normalized spacial score (nSPS) is 12.4. The maximum Gasteiger partial charge on any atom is 0.318 e. The molecule has 1 atom stereocenters. The van der Waals surface area contributed by atoms with E-state index in [0.29, 0.717) is 5.92 Å². The minimum Gasteiger partial charge on any atom is -0.374 e. The average molecular weight is 306 g/mol. The Morgan fingerprint density at radius 1 is 1.29 bits per heavy atom. The van der Waals surface area contributed by atoms with Crippen molar-refractivity contribution in [3.05, 3.63) is 23.2 Å². The van der Waals surface area contributed by atoms with Crippen LogP contribution in [0.4, 0.5) is 10.5 Å². The zero-order chi connectivity index (χ0) is 15.6. The number of rotatable bonds is 4. The minimum absolute atomic E-state index is 0.388. The zero-order valence-corrected chi connectivity index (χ0v) is 13.0. The molecule has 0 radical (unpaired) electrons. The molecule has 6 nitrogen and oxygen atoms in total. The first-order valence-corrected chi connectivity index (χ1v) is 7.45. The summed E-state index contributed by atoms with van der Waals surface area (Å²) in [6.45, 7) is 5.87. The number of amides is 3. The van der Waals surface area contributed by atoms with Gasteiger partial charge in [0.1, 0.15) is 6.04 Å². The van der Waals surface area contributed by atoms with E-state index in [4.69, 9.17) is 5.73 Å². The molecule has 0 aliphatic rings. The Morgan fingerprint density at radius 3 is 2.62 bits per heavy atom. The minimum atomic E-state index is -0.854. The van der Waals surface area contributed by atoms with Gasteiger partial charge in [0.25, 0.3) is 0 Å². The van der Waals surface area contributed by atoms with Gasteiger partial charge in [0.15, 0.2) is 0 Å². The molecule has 0 fully saturated rings. The monoisotopic (exact) mass is 306 g/mol. The molecule has 1 aromatic heterocycles. The molecule has 21 heavy (non-hydrogen) atoms. The number of hydrogen-bond acceptors (Lipinski definition) is 5. The highest BCUT2D eigenvalue weighted by atomic mass is 32.1. The maximum atomic E-state index is 11.6. The van der Waals surface area contributed by atoms with Gasteiger partial charge in [-0.15, -0.1) is 11.3 Å². The van der Waals surface area contributed by atoms with Crippen molar-refractivity contribution in [2.75, 3.05) is 5.32 Å². The molecule has 112 valence electrons. The fourth-order valence-electron chi connectivity index (χ4n) is 1.82. The molecule has 1 aromatic carbocycles. The lowest BCUT2D eigenvalue weighted by atomic mass is 10.2. The highest BCUT2D eigenvalue weighted by Crippen LogP contribution is 2.29. The third kappa shape index (κ3) is 3.69. The molecule has 0 aliphatic heterocycles. The predicted molar refractivity (Wildman–Crippen MR) is 84.5 cm³/mol. The van der Waals surface area contributed by atoms with Crippen LogP contribution in [0.15, 0.2) is 18.2 Å². The number of benzene rings is 1. The third-order valence-electron chi connectivity index (χ3n) is 2.92. The van der Waals surface area contributed by atoms with E-state index in [1.807, 2.05) is 23.5 Å². The van der Waals surface area contributed by atoms with Gasteiger partial charge in [-0.25, -0.2) is 9.78 Å². The highest BCUT2D eigenvalue weighted by molar-refractivity contribution is 7.18. The number of fused-ring (bicyclic) bond motifs is 1. The number of anilines is 1. The van der Waals surface area contributed by atoms with Crippen LogP contribution in [0.5, 0.6) is 0 Å². The van der Waals surface area contributed by atoms with Crippen LogP contribution in [0.3, 0.4) is 0 Å². The van der Waals surface area contributed by atoms with E-state index in [2.05, 4.69) is 24.1 Å². The first-order chi connectivity index (χ1) is 9.86. The summed E-state index contributed by atoms with van der Waals surface area (Å²) in [5, 5.41) is 6.17. The van der Waals surface area contributed by atoms with E-state index in [1.54, 1.807) is 18.3 Å². The number of aromatic nitrogens is 1. The van der Waals surface area contributed by atoms with Gasteiger partial charge in [-0.3, -0.25) is 10.1 Å². The lowest BCUT2D eigenvalue weighted by Crippen LogP contribution is -2.43. The second-order valence-corrected chi connectivity index (χ2v) is 6.17. The van der Waals surface area contributed by atoms with E-state index in [1.165, 1.54) is 0 Å². The number of urea groups is 1. The van der Waals surface area contributed by atoms with Gasteiger partial charge in [-0.1, -0.05) is 13.8 Å². The summed E-state index contributed by atoms with van der Waals surface area (Å²) >= 11 is 1.64. The van der Waals surface area contributed by atoms with Crippen molar-refractivity contribution in [1.82, 2.24) is 10.3 Å². The lowest BCUT2D eigenvalue weighted by molar-refractivity contribution is -0.120. The molecule has 0 bridgehead atoms. The number of nitrogens with one attached hydrogen (secondary N) is 2. The van der Waals surface area contributed by atoms with Gasteiger partial charge in [-0.05, 0) is 25.1 Å². The second-order valence-electron chi connectivity index (χ2n) is 5.11. The molecule has 4 N–H and O–H groups in total. The van der Waals surface area contributed by atoms with Crippen molar-refractivity contribution in [1.29, 1.82) is 0 Å². The Morgan fingerprint density at radius 2 is 2.00 bits per heavy atom. The van der Waals surface area contributed by atoms with Gasteiger partial charge < -0.3 is 11.1 Å². The number of nitrogens with two attached hydrogens (primary N) is 1. The zero-order valence-electron chi connectivity index (χ0n) is 12.1. The van der Waals surface area contributed by atoms with Gasteiger partial charge >= 0.3 is 6.03 Å². The standard InChI is InChI=1S/C14H18N4O2S/c1-7(2)13-17-10-5-4-9(6-11(10)21-13)16-8(3)12(19)18-14(15)20/h4-8,16H,1-3H3,(H3,15,18,19,20)/t8-/m1/s1. The van der Waals surface area contributed by atoms with Crippen LogP contribution >= 0.6 is 11.3 Å². The quantitative estimate of drug-likeness (QED) is 0.808. The number of imide groups is 1.